The first kappa shape index (κ1) is 27.5. The van der Waals surface area contributed by atoms with E-state index in [1.54, 1.807) is 26.2 Å². The summed E-state index contributed by atoms with van der Waals surface area (Å²) in [5.41, 5.74) is -1.75. The number of hydrogen-bond acceptors (Lipinski definition) is 9. The van der Waals surface area contributed by atoms with Gasteiger partial charge in [-0.2, -0.15) is 13.2 Å². The van der Waals surface area contributed by atoms with Gasteiger partial charge in [-0.25, -0.2) is 27.9 Å². The number of alkyl halides is 3. The van der Waals surface area contributed by atoms with Crippen LogP contribution in [0.25, 0.3) is 17.1 Å². The molecule has 0 amide bonds. The fourth-order valence-corrected chi connectivity index (χ4v) is 4.74. The predicted octanol–water partition coefficient (Wildman–Crippen LogP) is 2.68. The lowest BCUT2D eigenvalue weighted by atomic mass is 10.1. The molecule has 0 bridgehead atoms. The summed E-state index contributed by atoms with van der Waals surface area (Å²) >= 11 is 0. The normalized spacial score (nSPS) is 13.4. The number of H-pyrrole nitrogens is 1. The Labute approximate surface area is 220 Å². The van der Waals surface area contributed by atoms with E-state index >= 15 is 0 Å². The third kappa shape index (κ3) is 5.53. The SMILES string of the molecule is COc1nc[nH]c(=O)c1-n1c(NS(=O)(=O)[C@@H](C)[C@H](C)c2ncc(C)cn2)nnc1-c1c#ccc(C(F)(F)F)c1. The van der Waals surface area contributed by atoms with E-state index in [4.69, 9.17) is 4.74 Å². The van der Waals surface area contributed by atoms with E-state index < -0.39 is 44.4 Å². The Balaban J connectivity index is 1.85. The van der Waals surface area contributed by atoms with Gasteiger partial charge in [0.15, 0.2) is 11.5 Å². The Kier molecular flexibility index (Phi) is 7.29. The van der Waals surface area contributed by atoms with Crippen LogP contribution in [0, 0.1) is 19.1 Å². The molecule has 2 atom stereocenters. The van der Waals surface area contributed by atoms with Gasteiger partial charge in [-0.15, -0.1) is 10.2 Å². The van der Waals surface area contributed by atoms with E-state index in [1.165, 1.54) is 14.0 Å². The lowest BCUT2D eigenvalue weighted by Gasteiger charge is -2.20. The molecule has 204 valence electrons. The van der Waals surface area contributed by atoms with Crippen LogP contribution in [0.15, 0.2) is 35.6 Å². The lowest BCUT2D eigenvalue weighted by molar-refractivity contribution is -0.137. The molecule has 0 spiro atoms. The van der Waals surface area contributed by atoms with Crippen molar-refractivity contribution in [2.45, 2.75) is 38.1 Å². The van der Waals surface area contributed by atoms with E-state index in [-0.39, 0.29) is 28.8 Å². The minimum Gasteiger partial charge on any atom is -0.479 e. The van der Waals surface area contributed by atoms with Gasteiger partial charge in [0.25, 0.3) is 5.56 Å². The summed E-state index contributed by atoms with van der Waals surface area (Å²) in [5.74, 6) is -1.53. The Morgan fingerprint density at radius 3 is 2.49 bits per heavy atom. The molecule has 0 saturated carbocycles. The number of sulfonamides is 1. The number of nitrogens with one attached hydrogen (secondary N) is 2. The molecule has 0 aliphatic rings. The van der Waals surface area contributed by atoms with Crippen molar-refractivity contribution in [3.8, 4) is 23.0 Å². The number of halogens is 3. The highest BCUT2D eigenvalue weighted by molar-refractivity contribution is 7.93. The molecule has 3 aromatic heterocycles. The number of ether oxygens (including phenoxy) is 1. The first-order valence-corrected chi connectivity index (χ1v) is 12.8. The van der Waals surface area contributed by atoms with Crippen LogP contribution in [-0.2, 0) is 16.2 Å². The number of aromatic nitrogens is 7. The van der Waals surface area contributed by atoms with E-state index in [0.717, 1.165) is 16.5 Å². The smallest absolute Gasteiger partial charge is 0.417 e. The Hall–Kier alpha value is -4.52. The van der Waals surface area contributed by atoms with Gasteiger partial charge in [0.1, 0.15) is 5.82 Å². The first-order chi connectivity index (χ1) is 18.3. The summed E-state index contributed by atoms with van der Waals surface area (Å²) in [7, 11) is -3.06. The van der Waals surface area contributed by atoms with E-state index in [9.17, 15) is 26.4 Å². The zero-order valence-electron chi connectivity index (χ0n) is 20.9. The largest absolute Gasteiger partial charge is 0.479 e. The van der Waals surface area contributed by atoms with Crippen LogP contribution < -0.4 is 15.0 Å². The number of nitrogens with zero attached hydrogens (tertiary/aromatic N) is 6. The first-order valence-electron chi connectivity index (χ1n) is 11.2. The van der Waals surface area contributed by atoms with Gasteiger partial charge in [0.2, 0.25) is 21.9 Å². The highest BCUT2D eigenvalue weighted by atomic mass is 32.2. The second kappa shape index (κ2) is 10.3. The zero-order valence-corrected chi connectivity index (χ0v) is 21.7. The topological polar surface area (TPSA) is 158 Å². The van der Waals surface area contributed by atoms with Crippen LogP contribution in [0.5, 0.6) is 5.88 Å². The number of anilines is 1. The number of rotatable bonds is 8. The average molecular weight is 563 g/mol. The molecule has 0 radical (unpaired) electrons. The summed E-state index contributed by atoms with van der Waals surface area (Å²) in [6.45, 7) is 4.83. The molecule has 0 fully saturated rings. The van der Waals surface area contributed by atoms with Crippen molar-refractivity contribution in [1.82, 2.24) is 34.7 Å². The number of methoxy groups -OCH3 is 1. The molecule has 12 nitrogen and oxygen atoms in total. The van der Waals surface area contributed by atoms with Gasteiger partial charge in [-0.3, -0.25) is 9.52 Å². The Morgan fingerprint density at radius 2 is 1.85 bits per heavy atom. The average Bonchev–Trinajstić information content (AvgIpc) is 3.29. The third-order valence-electron chi connectivity index (χ3n) is 5.81. The zero-order chi connectivity index (χ0) is 28.5. The molecule has 0 unspecified atom stereocenters. The third-order valence-corrected chi connectivity index (χ3v) is 7.67. The predicted molar refractivity (Wildman–Crippen MR) is 132 cm³/mol. The fraction of sp³-hybridized carbons (Fsp3) is 0.304. The van der Waals surface area contributed by atoms with Gasteiger partial charge in [-0.1, -0.05) is 19.1 Å². The fourth-order valence-electron chi connectivity index (χ4n) is 3.50. The van der Waals surface area contributed by atoms with Crippen LogP contribution in [0.3, 0.4) is 0 Å². The minimum atomic E-state index is -4.72. The molecule has 3 heterocycles. The minimum absolute atomic E-state index is 0.273. The molecule has 1 aromatic carbocycles. The van der Waals surface area contributed by atoms with Crippen molar-refractivity contribution < 1.29 is 26.3 Å². The van der Waals surface area contributed by atoms with Crippen LogP contribution in [0.1, 0.15) is 36.7 Å². The molecule has 4 rings (SSSR count). The molecule has 16 heteroatoms. The molecule has 4 aromatic rings. The standard InChI is InChI=1S/C23H21F3N8O4S/c1-12-9-27-18(28-10-12)13(2)14(3)39(36,37)33-22-32-31-19(15-6-5-7-16(8-15)23(24,25)26)34(22)17-20(35)29-11-30-21(17)38-4/h7-11,13-14H,1-4H3,(H,32,33)(H,29,30,35)/t13-,14-/m0/s1. The number of aromatic amines is 1. The highest BCUT2D eigenvalue weighted by Gasteiger charge is 2.34. The van der Waals surface area contributed by atoms with E-state index in [2.05, 4.69) is 47.0 Å². The van der Waals surface area contributed by atoms with Crippen molar-refractivity contribution >= 4 is 16.0 Å². The summed E-state index contributed by atoms with van der Waals surface area (Å²) in [4.78, 5) is 27.4. The van der Waals surface area contributed by atoms with Gasteiger partial charge in [0.05, 0.1) is 29.8 Å². The molecule has 0 saturated heterocycles. The van der Waals surface area contributed by atoms with Crippen LogP contribution in [-0.4, -0.2) is 55.5 Å². The van der Waals surface area contributed by atoms with Crippen molar-refractivity contribution in [2.75, 3.05) is 11.8 Å². The lowest BCUT2D eigenvalue weighted by Crippen LogP contribution is -2.32. The summed E-state index contributed by atoms with van der Waals surface area (Å²) in [6, 6.07) is 6.15. The maximum atomic E-state index is 13.4. The van der Waals surface area contributed by atoms with Crippen molar-refractivity contribution in [2.24, 2.45) is 0 Å². The Morgan fingerprint density at radius 1 is 1.15 bits per heavy atom. The maximum absolute atomic E-state index is 13.4. The van der Waals surface area contributed by atoms with Crippen LogP contribution in [0.4, 0.5) is 19.1 Å². The van der Waals surface area contributed by atoms with Crippen molar-refractivity contribution in [3.05, 3.63) is 70.3 Å². The van der Waals surface area contributed by atoms with Gasteiger partial charge < -0.3 is 9.72 Å². The van der Waals surface area contributed by atoms with Crippen molar-refractivity contribution in [1.29, 1.82) is 0 Å². The summed E-state index contributed by atoms with van der Waals surface area (Å²) in [6.07, 6.45) is -0.577. The molecule has 39 heavy (non-hydrogen) atoms. The maximum Gasteiger partial charge on any atom is 0.417 e. The quantitative estimate of drug-likeness (QED) is 0.329. The van der Waals surface area contributed by atoms with Gasteiger partial charge in [0, 0.05) is 24.4 Å². The summed E-state index contributed by atoms with van der Waals surface area (Å²) in [5, 5.41) is 6.58. The second-order valence-corrected chi connectivity index (χ2v) is 10.5. The number of hydrogen-bond donors (Lipinski definition) is 2. The molecule has 0 aliphatic carbocycles. The van der Waals surface area contributed by atoms with E-state index in [1.807, 2.05) is 0 Å². The molecule has 2 N–H and O–H groups in total. The monoisotopic (exact) mass is 562 g/mol. The van der Waals surface area contributed by atoms with Crippen LogP contribution in [0.2, 0.25) is 0 Å². The summed E-state index contributed by atoms with van der Waals surface area (Å²) < 4.78 is 75.3. The molecule has 0 aliphatic heterocycles. The second-order valence-electron chi connectivity index (χ2n) is 8.46. The number of aryl methyl sites for hydroxylation is 1. The molecular formula is C23H21F3N8O4S. The highest BCUT2D eigenvalue weighted by Crippen LogP contribution is 2.33. The van der Waals surface area contributed by atoms with Crippen LogP contribution >= 0.6 is 0 Å². The van der Waals surface area contributed by atoms with E-state index in [0.29, 0.717) is 12.1 Å². The molecular weight excluding hydrogens is 541 g/mol. The van der Waals surface area contributed by atoms with Crippen molar-refractivity contribution in [3.63, 3.8) is 0 Å². The Bertz CT molecular complexity index is 1650. The van der Waals surface area contributed by atoms with Gasteiger partial charge >= 0.3 is 6.18 Å². The van der Waals surface area contributed by atoms with Gasteiger partial charge in [-0.05, 0) is 25.5 Å².